The van der Waals surface area contributed by atoms with Crippen molar-refractivity contribution in [1.82, 2.24) is 4.72 Å². The first-order chi connectivity index (χ1) is 8.68. The second-order valence-electron chi connectivity index (χ2n) is 5.94. The van der Waals surface area contributed by atoms with E-state index in [4.69, 9.17) is 11.6 Å². The molecule has 5 heteroatoms. The fraction of sp³-hybridized carbons (Fsp3) is 0.571. The Labute approximate surface area is 121 Å². The van der Waals surface area contributed by atoms with Crippen molar-refractivity contribution in [3.05, 3.63) is 34.9 Å². The largest absolute Gasteiger partial charge is 0.215 e. The van der Waals surface area contributed by atoms with Gasteiger partial charge in [0, 0.05) is 11.6 Å². The van der Waals surface area contributed by atoms with Crippen LogP contribution in [0.5, 0.6) is 0 Å². The molecule has 0 aromatic heterocycles. The van der Waals surface area contributed by atoms with Gasteiger partial charge >= 0.3 is 0 Å². The molecule has 0 aliphatic carbocycles. The van der Waals surface area contributed by atoms with Crippen molar-refractivity contribution in [2.75, 3.05) is 6.54 Å². The van der Waals surface area contributed by atoms with Gasteiger partial charge in [-0.2, -0.15) is 0 Å². The van der Waals surface area contributed by atoms with Gasteiger partial charge in [0.25, 0.3) is 0 Å². The third kappa shape index (κ3) is 7.55. The quantitative estimate of drug-likeness (QED) is 0.816. The van der Waals surface area contributed by atoms with Crippen molar-refractivity contribution < 1.29 is 8.42 Å². The Morgan fingerprint density at radius 2 is 1.74 bits per heavy atom. The van der Waals surface area contributed by atoms with Gasteiger partial charge in [0.1, 0.15) is 0 Å². The summed E-state index contributed by atoms with van der Waals surface area (Å²) < 4.78 is 26.4. The number of nitrogens with one attached hydrogen (secondary N) is 1. The lowest BCUT2D eigenvalue weighted by molar-refractivity contribution is 0.365. The van der Waals surface area contributed by atoms with Crippen molar-refractivity contribution in [3.63, 3.8) is 0 Å². The van der Waals surface area contributed by atoms with E-state index in [1.165, 1.54) is 0 Å². The van der Waals surface area contributed by atoms with Gasteiger partial charge in [-0.05, 0) is 36.0 Å². The van der Waals surface area contributed by atoms with Crippen LogP contribution >= 0.6 is 11.6 Å². The summed E-state index contributed by atoms with van der Waals surface area (Å²) in [6, 6.07) is 6.87. The van der Waals surface area contributed by atoms with Crippen LogP contribution in [-0.4, -0.2) is 15.0 Å². The average Bonchev–Trinajstić information content (AvgIpc) is 2.26. The second-order valence-corrected chi connectivity index (χ2v) is 8.19. The van der Waals surface area contributed by atoms with E-state index in [1.807, 2.05) is 0 Å². The number of hydrogen-bond acceptors (Lipinski definition) is 2. The lowest BCUT2D eigenvalue weighted by Gasteiger charge is -2.17. The normalized spacial score (nSPS) is 12.6. The van der Waals surface area contributed by atoms with Crippen LogP contribution in [0.2, 0.25) is 5.02 Å². The van der Waals surface area contributed by atoms with E-state index in [1.54, 1.807) is 24.3 Å². The molecule has 0 aliphatic heterocycles. The van der Waals surface area contributed by atoms with Crippen LogP contribution in [0.1, 0.15) is 39.2 Å². The summed E-state index contributed by atoms with van der Waals surface area (Å²) in [4.78, 5) is 0. The molecule has 0 bridgehead atoms. The second kappa shape index (κ2) is 6.73. The number of rotatable bonds is 6. The standard InChI is InChI=1S/C14H22ClNO2S/c1-14(2,3)9-4-10-16-19(17,18)11-12-5-7-13(15)8-6-12/h5-8,16H,4,9-11H2,1-3H3. The molecule has 0 unspecified atom stereocenters. The maximum atomic E-state index is 11.9. The van der Waals surface area contributed by atoms with Crippen LogP contribution in [0, 0.1) is 5.41 Å². The Morgan fingerprint density at radius 1 is 1.16 bits per heavy atom. The zero-order chi connectivity index (χ0) is 14.5. The summed E-state index contributed by atoms with van der Waals surface area (Å²) in [5.41, 5.74) is 0.981. The predicted octanol–water partition coefficient (Wildman–Crippen LogP) is 3.59. The summed E-state index contributed by atoms with van der Waals surface area (Å²) in [5.74, 6) is -0.000311. The molecule has 1 aromatic rings. The molecule has 0 amide bonds. The van der Waals surface area contributed by atoms with Gasteiger partial charge in [-0.15, -0.1) is 0 Å². The Hall–Kier alpha value is -0.580. The van der Waals surface area contributed by atoms with E-state index in [9.17, 15) is 8.42 Å². The zero-order valence-electron chi connectivity index (χ0n) is 11.7. The molecular weight excluding hydrogens is 282 g/mol. The molecular formula is C14H22ClNO2S. The lowest BCUT2D eigenvalue weighted by Crippen LogP contribution is -2.26. The molecule has 0 saturated carbocycles. The van der Waals surface area contributed by atoms with Crippen LogP contribution < -0.4 is 4.72 Å². The minimum atomic E-state index is -3.26. The minimum Gasteiger partial charge on any atom is -0.215 e. The maximum absolute atomic E-state index is 11.9. The monoisotopic (exact) mass is 303 g/mol. The van der Waals surface area contributed by atoms with E-state index in [2.05, 4.69) is 25.5 Å². The van der Waals surface area contributed by atoms with Crippen molar-refractivity contribution >= 4 is 21.6 Å². The van der Waals surface area contributed by atoms with E-state index in [0.717, 1.165) is 18.4 Å². The molecule has 0 saturated heterocycles. The highest BCUT2D eigenvalue weighted by molar-refractivity contribution is 7.88. The Morgan fingerprint density at radius 3 is 2.26 bits per heavy atom. The fourth-order valence-electron chi connectivity index (χ4n) is 1.70. The predicted molar refractivity (Wildman–Crippen MR) is 80.8 cm³/mol. The van der Waals surface area contributed by atoms with Gasteiger partial charge in [-0.1, -0.05) is 44.5 Å². The molecule has 1 rings (SSSR count). The number of sulfonamides is 1. The Bertz CT molecular complexity index is 489. The van der Waals surface area contributed by atoms with E-state index >= 15 is 0 Å². The third-order valence-corrected chi connectivity index (χ3v) is 4.30. The van der Waals surface area contributed by atoms with Crippen molar-refractivity contribution in [2.24, 2.45) is 5.41 Å². The van der Waals surface area contributed by atoms with Gasteiger partial charge < -0.3 is 0 Å². The highest BCUT2D eigenvalue weighted by Crippen LogP contribution is 2.20. The molecule has 0 spiro atoms. The van der Waals surface area contributed by atoms with Crippen LogP contribution in [0.3, 0.4) is 0 Å². The van der Waals surface area contributed by atoms with E-state index in [-0.39, 0.29) is 11.2 Å². The molecule has 1 aromatic carbocycles. The van der Waals surface area contributed by atoms with E-state index < -0.39 is 10.0 Å². The first-order valence-corrected chi connectivity index (χ1v) is 8.43. The molecule has 3 nitrogen and oxygen atoms in total. The van der Waals surface area contributed by atoms with Gasteiger partial charge in [0.2, 0.25) is 10.0 Å². The van der Waals surface area contributed by atoms with Gasteiger partial charge in [0.15, 0.2) is 0 Å². The number of hydrogen-bond donors (Lipinski definition) is 1. The smallest absolute Gasteiger partial charge is 0.215 e. The number of halogens is 1. The van der Waals surface area contributed by atoms with Crippen molar-refractivity contribution in [2.45, 2.75) is 39.4 Å². The Balaban J connectivity index is 2.42. The molecule has 0 radical (unpaired) electrons. The van der Waals surface area contributed by atoms with E-state index in [0.29, 0.717) is 11.6 Å². The molecule has 0 heterocycles. The summed E-state index contributed by atoms with van der Waals surface area (Å²) >= 11 is 5.76. The van der Waals surface area contributed by atoms with Crippen LogP contribution in [0.4, 0.5) is 0 Å². The Kier molecular flexibility index (Phi) is 5.83. The number of benzene rings is 1. The van der Waals surface area contributed by atoms with Gasteiger partial charge in [-0.3, -0.25) is 0 Å². The first kappa shape index (κ1) is 16.5. The fourth-order valence-corrected chi connectivity index (χ4v) is 3.01. The van der Waals surface area contributed by atoms with Crippen LogP contribution in [0.15, 0.2) is 24.3 Å². The van der Waals surface area contributed by atoms with Gasteiger partial charge in [0.05, 0.1) is 5.75 Å². The highest BCUT2D eigenvalue weighted by Gasteiger charge is 2.13. The van der Waals surface area contributed by atoms with Crippen LogP contribution in [-0.2, 0) is 15.8 Å². The molecule has 0 aliphatic rings. The van der Waals surface area contributed by atoms with Crippen molar-refractivity contribution in [3.8, 4) is 0 Å². The molecule has 0 atom stereocenters. The summed E-state index contributed by atoms with van der Waals surface area (Å²) in [5, 5.41) is 0.610. The third-order valence-electron chi connectivity index (χ3n) is 2.70. The maximum Gasteiger partial charge on any atom is 0.215 e. The zero-order valence-corrected chi connectivity index (χ0v) is 13.3. The van der Waals surface area contributed by atoms with Gasteiger partial charge in [-0.25, -0.2) is 13.1 Å². The van der Waals surface area contributed by atoms with Crippen LogP contribution in [0.25, 0.3) is 0 Å². The first-order valence-electron chi connectivity index (χ1n) is 6.40. The summed E-state index contributed by atoms with van der Waals surface area (Å²) in [6.07, 6.45) is 1.85. The topological polar surface area (TPSA) is 46.2 Å². The minimum absolute atomic E-state index is 0.000311. The molecule has 108 valence electrons. The highest BCUT2D eigenvalue weighted by atomic mass is 35.5. The lowest BCUT2D eigenvalue weighted by atomic mass is 9.91. The molecule has 19 heavy (non-hydrogen) atoms. The molecule has 0 fully saturated rings. The van der Waals surface area contributed by atoms with Crippen molar-refractivity contribution in [1.29, 1.82) is 0 Å². The summed E-state index contributed by atoms with van der Waals surface area (Å²) in [7, 11) is -3.26. The average molecular weight is 304 g/mol. The summed E-state index contributed by atoms with van der Waals surface area (Å²) in [6.45, 7) is 6.94. The SMILES string of the molecule is CC(C)(C)CCCNS(=O)(=O)Cc1ccc(Cl)cc1. The molecule has 1 N–H and O–H groups in total.